The van der Waals surface area contributed by atoms with Crippen molar-refractivity contribution in [1.82, 2.24) is 25.0 Å². The number of halogens is 5. The zero-order chi connectivity index (χ0) is 41.8. The molecule has 2 aliphatic rings. The molecule has 0 saturated carbocycles. The minimum Gasteiger partial charge on any atom is -0.406 e. The summed E-state index contributed by atoms with van der Waals surface area (Å²) in [6.07, 6.45) is -1.37. The van der Waals surface area contributed by atoms with Crippen LogP contribution in [0.2, 0.25) is 10.0 Å². The predicted molar refractivity (Wildman–Crippen MR) is 225 cm³/mol. The van der Waals surface area contributed by atoms with Crippen LogP contribution in [0, 0.1) is 0 Å². The van der Waals surface area contributed by atoms with Gasteiger partial charge in [-0.25, -0.2) is 0 Å². The molecule has 1 amide bonds. The zero-order valence-electron chi connectivity index (χ0n) is 31.0. The average molecular weight is 796 g/mol. The van der Waals surface area contributed by atoms with Gasteiger partial charge in [0.05, 0.1) is 68.3 Å². The Morgan fingerprint density at radius 1 is 0.842 bits per heavy atom. The number of carbonyl (C=O) groups excluding carboxylic acids is 1. The van der Waals surface area contributed by atoms with E-state index in [0.717, 1.165) is 10.4 Å². The number of hydrogen-bond donors (Lipinski definition) is 3. The number of rotatable bonds is 11. The van der Waals surface area contributed by atoms with Gasteiger partial charge >= 0.3 is 6.36 Å². The molecule has 4 aromatic rings. The summed E-state index contributed by atoms with van der Waals surface area (Å²) < 4.78 is 44.9. The number of benzene rings is 3. The van der Waals surface area contributed by atoms with Crippen molar-refractivity contribution in [1.29, 1.82) is 0 Å². The number of amides is 1. The number of ether oxygens (including phenoxy) is 1. The van der Waals surface area contributed by atoms with Crippen LogP contribution in [0.1, 0.15) is 30.4 Å². The van der Waals surface area contributed by atoms with Gasteiger partial charge in [0.25, 0.3) is 0 Å². The van der Waals surface area contributed by atoms with Crippen molar-refractivity contribution in [2.24, 2.45) is 5.73 Å². The summed E-state index contributed by atoms with van der Waals surface area (Å²) >= 11 is 12.9. The second kappa shape index (κ2) is 16.0. The van der Waals surface area contributed by atoms with Crippen LogP contribution in [0.4, 0.5) is 13.2 Å². The highest BCUT2D eigenvalue weighted by Gasteiger charge is 2.59. The molecule has 2 fully saturated rings. The molecule has 4 N–H and O–H groups in total. The van der Waals surface area contributed by atoms with Crippen molar-refractivity contribution >= 4 is 103 Å². The van der Waals surface area contributed by atoms with E-state index in [-0.39, 0.29) is 34.8 Å². The number of aryl methyl sites for hydroxylation is 1. The molecule has 21 heteroatoms. The lowest BCUT2D eigenvalue weighted by molar-refractivity contribution is -0.274. The Balaban J connectivity index is 1.32. The highest BCUT2D eigenvalue weighted by atomic mass is 35.5. The Kier molecular flexibility index (Phi) is 12.3. The lowest BCUT2D eigenvalue weighted by Crippen LogP contribution is -2.91. The second-order valence-corrected chi connectivity index (χ2v) is 15.7. The molecule has 0 spiro atoms. The topological polar surface area (TPSA) is 87.8 Å². The Hall–Kier alpha value is -2.80. The summed E-state index contributed by atoms with van der Waals surface area (Å²) in [6.45, 7) is 1.75. The minimum absolute atomic E-state index is 0.172. The van der Waals surface area contributed by atoms with Crippen molar-refractivity contribution in [2.45, 2.75) is 72.1 Å². The normalized spacial score (nSPS) is 20.2. The summed E-state index contributed by atoms with van der Waals surface area (Å²) in [7, 11) is 53.7. The van der Waals surface area contributed by atoms with Crippen LogP contribution in [0.5, 0.6) is 5.75 Å². The Morgan fingerprint density at radius 2 is 1.40 bits per heavy atom. The lowest BCUT2D eigenvalue weighted by Gasteiger charge is -2.75. The van der Waals surface area contributed by atoms with Gasteiger partial charge in [-0.2, -0.15) is 0 Å². The maximum Gasteiger partial charge on any atom is 0.573 e. The number of carbonyl (C=O) groups is 1. The molecule has 3 aromatic carbocycles. The minimum atomic E-state index is -4.86. The number of nitrogens with one attached hydrogen (secondary N) is 2. The molecule has 2 saturated heterocycles. The maximum atomic E-state index is 12.9. The van der Waals surface area contributed by atoms with Crippen molar-refractivity contribution in [2.75, 3.05) is 19.6 Å². The third-order valence-corrected chi connectivity index (χ3v) is 11.7. The number of fused-ring (bicyclic) bond motifs is 1. The summed E-state index contributed by atoms with van der Waals surface area (Å²) in [4.78, 5) is 15.3. The molecule has 0 atom stereocenters. The smallest absolute Gasteiger partial charge is 0.406 e. The van der Waals surface area contributed by atoms with Crippen molar-refractivity contribution in [3.8, 4) is 16.9 Å². The number of piperazine rings is 1. The molecule has 8 nitrogen and oxygen atoms in total. The van der Waals surface area contributed by atoms with E-state index in [1.807, 2.05) is 22.9 Å². The summed E-state index contributed by atoms with van der Waals surface area (Å²) in [5.41, 5.74) is 8.41. The highest BCUT2D eigenvalue weighted by Crippen LogP contribution is 2.45. The van der Waals surface area contributed by atoms with E-state index in [1.54, 1.807) is 24.3 Å². The summed E-state index contributed by atoms with van der Waals surface area (Å²) in [5.74, 6) is -0.580. The first-order valence-corrected chi connectivity index (χ1v) is 18.8. The summed E-state index contributed by atoms with van der Waals surface area (Å²) in [6, 6.07) is 15.8. The molecule has 57 heavy (non-hydrogen) atoms. The molecular formula is C36H33B8Cl2F3N6O2. The molecular weight excluding hydrogens is 763 g/mol. The van der Waals surface area contributed by atoms with Crippen molar-refractivity contribution in [3.63, 3.8) is 0 Å². The first-order chi connectivity index (χ1) is 26.5. The van der Waals surface area contributed by atoms with Gasteiger partial charge in [-0.05, 0) is 79.9 Å². The molecule has 3 heterocycles. The molecule has 0 unspecified atom stereocenters. The van der Waals surface area contributed by atoms with Crippen LogP contribution in [-0.4, -0.2) is 136 Å². The number of nitrogens with zero attached hydrogens (tertiary/aromatic N) is 3. The van der Waals surface area contributed by atoms with Gasteiger partial charge in [-0.3, -0.25) is 4.79 Å². The largest absolute Gasteiger partial charge is 0.573 e. The third-order valence-electron chi connectivity index (χ3n) is 10.9. The Morgan fingerprint density at radius 3 is 1.96 bits per heavy atom. The first kappa shape index (κ1) is 43.8. The van der Waals surface area contributed by atoms with Gasteiger partial charge in [-0.1, -0.05) is 68.8 Å². The molecule has 0 aliphatic carbocycles. The first-order valence-electron chi connectivity index (χ1n) is 18.0. The zero-order valence-corrected chi connectivity index (χ0v) is 32.5. The van der Waals surface area contributed by atoms with Crippen LogP contribution >= 0.6 is 23.2 Å². The molecule has 0 bridgehead atoms. The van der Waals surface area contributed by atoms with Gasteiger partial charge in [0.15, 0.2) is 0 Å². The molecule has 278 valence electrons. The van der Waals surface area contributed by atoms with E-state index in [0.29, 0.717) is 73.1 Å². The van der Waals surface area contributed by atoms with Gasteiger partial charge in [-0.15, -0.1) is 13.2 Å². The quantitative estimate of drug-likeness (QED) is 0.160. The van der Waals surface area contributed by atoms with Gasteiger partial charge < -0.3 is 35.5 Å². The monoisotopic (exact) mass is 796 g/mol. The average Bonchev–Trinajstić information content (AvgIpc) is 3.48. The van der Waals surface area contributed by atoms with E-state index in [9.17, 15) is 18.0 Å². The molecule has 6 rings (SSSR count). The highest BCUT2D eigenvalue weighted by molar-refractivity contribution is 6.60. The third kappa shape index (κ3) is 8.49. The fourth-order valence-corrected chi connectivity index (χ4v) is 7.96. The van der Waals surface area contributed by atoms with Crippen molar-refractivity contribution in [3.05, 3.63) is 88.0 Å². The number of piperidine rings is 1. The van der Waals surface area contributed by atoms with Crippen LogP contribution in [0.3, 0.4) is 0 Å². The second-order valence-electron chi connectivity index (χ2n) is 14.8. The predicted octanol–water partition coefficient (Wildman–Crippen LogP) is 2.38. The van der Waals surface area contributed by atoms with Crippen LogP contribution in [0.25, 0.3) is 22.0 Å². The molecule has 2 aliphatic heterocycles. The number of alkyl halides is 3. The van der Waals surface area contributed by atoms with E-state index < -0.39 is 33.3 Å². The van der Waals surface area contributed by atoms with Gasteiger partial charge in [0, 0.05) is 64.5 Å². The number of aromatic nitrogens is 1. The maximum absolute atomic E-state index is 12.9. The Bertz CT molecular complexity index is 2070. The number of hydrogen-bond acceptors (Lipinski definition) is 6. The molecule has 16 radical (unpaired) electrons. The Labute approximate surface area is 351 Å². The van der Waals surface area contributed by atoms with E-state index >= 15 is 0 Å². The van der Waals surface area contributed by atoms with Crippen LogP contribution in [-0.2, 0) is 24.4 Å². The summed E-state index contributed by atoms with van der Waals surface area (Å²) in [5, 5.41) is -1.42. The number of nitrogens with two attached hydrogens (primary N) is 1. The SMILES string of the molecule is [B]C1([B])N(Cc2ccc3c(c2)c(-c2ccc(OC(F)(F)F)cc2)cn3CCCNC(=O)C2(N)CCNCC2)C([B])([B])C([B])([B])N(Cc2c(Cl)cccc2Cl)C1([B])[B]. The van der Waals surface area contributed by atoms with E-state index in [2.05, 4.69) is 15.4 Å². The van der Waals surface area contributed by atoms with E-state index in [4.69, 9.17) is 91.7 Å². The van der Waals surface area contributed by atoms with Gasteiger partial charge in [0.2, 0.25) is 5.91 Å². The fraction of sp³-hybridized carbons (Fsp3) is 0.417. The molecule has 1 aromatic heterocycles. The van der Waals surface area contributed by atoms with Crippen LogP contribution in [0.15, 0.2) is 66.9 Å². The standard InChI is InChI=1S/C36H33B8Cl2F3N6O2/c37-32(38)34(41,42)55(20-26-27(45)3-1-4-28(26)46)35(43,44)33(39,40)54(32)18-21-5-10-29-24(17-21)25(22-6-8-23(9-7-22)57-36(47,48)49)19-53(29)16-2-13-52-30(56)31(50)11-14-51-15-12-31/h1,3-10,17,19,51H,2,11-16,18,20,50H2,(H,52,56). The van der Waals surface area contributed by atoms with Crippen LogP contribution < -0.4 is 21.1 Å². The van der Waals surface area contributed by atoms with Crippen molar-refractivity contribution < 1.29 is 22.7 Å². The fourth-order valence-electron chi connectivity index (χ4n) is 7.45. The lowest BCUT2D eigenvalue weighted by atomic mass is 9.26. The van der Waals surface area contributed by atoms with Gasteiger partial charge in [0.1, 0.15) is 5.75 Å². The van der Waals surface area contributed by atoms with E-state index in [1.165, 1.54) is 29.2 Å².